The van der Waals surface area contributed by atoms with Gasteiger partial charge in [0.2, 0.25) is 0 Å². The van der Waals surface area contributed by atoms with Crippen LogP contribution in [0.2, 0.25) is 0 Å². The molecule has 0 unspecified atom stereocenters. The summed E-state index contributed by atoms with van der Waals surface area (Å²) in [5.41, 5.74) is 7.32. The van der Waals surface area contributed by atoms with Gasteiger partial charge in [-0.05, 0) is 43.8 Å². The lowest BCUT2D eigenvalue weighted by atomic mass is 9.77. The van der Waals surface area contributed by atoms with Crippen molar-refractivity contribution < 1.29 is 4.79 Å². The molecule has 2 aromatic heterocycles. The van der Waals surface area contributed by atoms with Gasteiger partial charge in [-0.15, -0.1) is 0 Å². The van der Waals surface area contributed by atoms with E-state index < -0.39 is 11.5 Å². The third-order valence-corrected chi connectivity index (χ3v) is 5.72. The highest BCUT2D eigenvalue weighted by molar-refractivity contribution is 5.95. The average Bonchev–Trinajstić information content (AvgIpc) is 3.10. The average molecular weight is 449 g/mol. The van der Waals surface area contributed by atoms with Crippen LogP contribution in [0, 0.1) is 5.41 Å². The van der Waals surface area contributed by atoms with Gasteiger partial charge in [-0.3, -0.25) is 15.0 Å². The fourth-order valence-electron chi connectivity index (χ4n) is 3.76. The van der Waals surface area contributed by atoms with Crippen molar-refractivity contribution in [3.05, 3.63) is 81.9 Å². The molecule has 3 rings (SSSR count). The standard InChI is InChI=1S/C25H32N6O2/c1-17(10-11-20-19(3)26-13-12-25(20,4)5)8-7-9-18(2)14-21(32)29-31-16-28-23-22(24(31)33)27-15-30(23)6/h7-11,14-16,26H,12-13H2,1-6H3,(H,29,32)/b9-7+,11-10+,17-8+,18-14+. The van der Waals surface area contributed by atoms with Crippen LogP contribution in [0.3, 0.4) is 0 Å². The number of rotatable bonds is 6. The Labute approximate surface area is 194 Å². The number of fused-ring (bicyclic) bond motifs is 1. The molecule has 33 heavy (non-hydrogen) atoms. The number of nitrogens with zero attached hydrogens (tertiary/aromatic N) is 4. The number of aryl methyl sites for hydroxylation is 1. The highest BCUT2D eigenvalue weighted by atomic mass is 16.2. The Hall–Kier alpha value is -3.68. The van der Waals surface area contributed by atoms with Crippen LogP contribution in [0.5, 0.6) is 0 Å². The molecule has 0 atom stereocenters. The zero-order valence-corrected chi connectivity index (χ0v) is 20.1. The monoisotopic (exact) mass is 448 g/mol. The topological polar surface area (TPSA) is 93.8 Å². The zero-order chi connectivity index (χ0) is 24.2. The van der Waals surface area contributed by atoms with Gasteiger partial charge in [-0.1, -0.05) is 49.8 Å². The van der Waals surface area contributed by atoms with E-state index in [1.54, 1.807) is 11.6 Å². The van der Waals surface area contributed by atoms with Gasteiger partial charge in [0.1, 0.15) is 6.33 Å². The summed E-state index contributed by atoms with van der Waals surface area (Å²) in [7, 11) is 1.75. The largest absolute Gasteiger partial charge is 0.388 e. The van der Waals surface area contributed by atoms with Crippen molar-refractivity contribution in [3.8, 4) is 0 Å². The van der Waals surface area contributed by atoms with Gasteiger partial charge >= 0.3 is 0 Å². The molecular formula is C25H32N6O2. The summed E-state index contributed by atoms with van der Waals surface area (Å²) >= 11 is 0. The Morgan fingerprint density at radius 1 is 1.18 bits per heavy atom. The van der Waals surface area contributed by atoms with Crippen LogP contribution in [-0.2, 0) is 11.8 Å². The molecule has 0 saturated carbocycles. The van der Waals surface area contributed by atoms with Crippen molar-refractivity contribution in [2.24, 2.45) is 12.5 Å². The number of aromatic nitrogens is 4. The molecule has 0 aromatic carbocycles. The summed E-state index contributed by atoms with van der Waals surface area (Å²) in [6.45, 7) is 11.5. The number of allylic oxidation sites excluding steroid dienone is 9. The van der Waals surface area contributed by atoms with E-state index >= 15 is 0 Å². The molecule has 0 saturated heterocycles. The summed E-state index contributed by atoms with van der Waals surface area (Å²) in [5.74, 6) is -0.425. The summed E-state index contributed by atoms with van der Waals surface area (Å²) in [6.07, 6.45) is 15.4. The molecule has 2 N–H and O–H groups in total. The number of carbonyl (C=O) groups is 1. The summed E-state index contributed by atoms with van der Waals surface area (Å²) in [5, 5.41) is 3.44. The van der Waals surface area contributed by atoms with Crippen molar-refractivity contribution in [2.75, 3.05) is 12.0 Å². The van der Waals surface area contributed by atoms with Gasteiger partial charge in [-0.2, -0.15) is 0 Å². The first-order valence-electron chi connectivity index (χ1n) is 10.9. The fourth-order valence-corrected chi connectivity index (χ4v) is 3.76. The van der Waals surface area contributed by atoms with Crippen LogP contribution in [0.1, 0.15) is 41.0 Å². The van der Waals surface area contributed by atoms with Crippen LogP contribution >= 0.6 is 0 Å². The predicted octanol–water partition coefficient (Wildman–Crippen LogP) is 3.50. The van der Waals surface area contributed by atoms with E-state index in [1.807, 2.05) is 32.1 Å². The zero-order valence-electron chi connectivity index (χ0n) is 20.1. The number of hydrogen-bond acceptors (Lipinski definition) is 5. The summed E-state index contributed by atoms with van der Waals surface area (Å²) < 4.78 is 2.69. The van der Waals surface area contributed by atoms with Gasteiger partial charge in [0.05, 0.1) is 6.33 Å². The van der Waals surface area contributed by atoms with Crippen LogP contribution in [0.15, 0.2) is 76.3 Å². The Morgan fingerprint density at radius 2 is 1.94 bits per heavy atom. The normalized spacial score (nSPS) is 17.3. The Kier molecular flexibility index (Phi) is 7.16. The lowest BCUT2D eigenvalue weighted by molar-refractivity contribution is -0.112. The molecule has 0 bridgehead atoms. The molecule has 0 radical (unpaired) electrons. The van der Waals surface area contributed by atoms with Crippen LogP contribution in [0.4, 0.5) is 0 Å². The highest BCUT2D eigenvalue weighted by Crippen LogP contribution is 2.35. The van der Waals surface area contributed by atoms with Gasteiger partial charge in [-0.25, -0.2) is 14.6 Å². The van der Waals surface area contributed by atoms with Gasteiger partial charge in [0.15, 0.2) is 11.2 Å². The lowest BCUT2D eigenvalue weighted by Gasteiger charge is -2.33. The Morgan fingerprint density at radius 3 is 2.67 bits per heavy atom. The third-order valence-electron chi connectivity index (χ3n) is 5.72. The van der Waals surface area contributed by atoms with Gasteiger partial charge in [0.25, 0.3) is 11.5 Å². The molecule has 174 valence electrons. The van der Waals surface area contributed by atoms with Crippen molar-refractivity contribution >= 4 is 17.1 Å². The second-order valence-electron chi connectivity index (χ2n) is 9.01. The molecule has 1 aliphatic heterocycles. The molecule has 1 aliphatic rings. The minimum absolute atomic E-state index is 0.160. The first kappa shape index (κ1) is 24.0. The second kappa shape index (κ2) is 9.85. The molecule has 2 aromatic rings. The Bertz CT molecular complexity index is 1270. The van der Waals surface area contributed by atoms with Crippen molar-refractivity contribution in [1.29, 1.82) is 0 Å². The van der Waals surface area contributed by atoms with E-state index in [1.165, 1.54) is 30.0 Å². The summed E-state index contributed by atoms with van der Waals surface area (Å²) in [6, 6.07) is 0. The predicted molar refractivity (Wildman–Crippen MR) is 132 cm³/mol. The molecular weight excluding hydrogens is 416 g/mol. The van der Waals surface area contributed by atoms with Crippen LogP contribution in [-0.4, -0.2) is 31.7 Å². The van der Waals surface area contributed by atoms with Gasteiger partial charge < -0.3 is 9.88 Å². The molecule has 0 aliphatic carbocycles. The SMILES string of the molecule is CC1=C(/C=C/C(C)=C/C=C/C(C)=C/C(=O)Nn2cnc3c(ncn3C)c2=O)C(C)(C)CCN1. The lowest BCUT2D eigenvalue weighted by Crippen LogP contribution is -2.32. The van der Waals surface area contributed by atoms with E-state index in [9.17, 15) is 9.59 Å². The van der Waals surface area contributed by atoms with Crippen molar-refractivity contribution in [2.45, 2.75) is 41.0 Å². The smallest absolute Gasteiger partial charge is 0.300 e. The van der Waals surface area contributed by atoms with E-state index in [0.717, 1.165) is 28.8 Å². The fraction of sp³-hybridized carbons (Fsp3) is 0.360. The minimum atomic E-state index is -0.428. The Balaban J connectivity index is 1.63. The molecule has 8 nitrogen and oxygen atoms in total. The maximum Gasteiger partial charge on any atom is 0.300 e. The minimum Gasteiger partial charge on any atom is -0.388 e. The molecule has 0 spiro atoms. The first-order chi connectivity index (χ1) is 15.6. The highest BCUT2D eigenvalue weighted by Gasteiger charge is 2.26. The number of imidazole rings is 1. The number of carbonyl (C=O) groups excluding carboxylic acids is 1. The van der Waals surface area contributed by atoms with Crippen molar-refractivity contribution in [3.63, 3.8) is 0 Å². The first-order valence-corrected chi connectivity index (χ1v) is 10.9. The van der Waals surface area contributed by atoms with E-state index in [2.05, 4.69) is 53.6 Å². The number of hydrogen-bond donors (Lipinski definition) is 2. The van der Waals surface area contributed by atoms with Crippen LogP contribution < -0.4 is 16.3 Å². The van der Waals surface area contributed by atoms with Crippen molar-refractivity contribution in [1.82, 2.24) is 24.5 Å². The molecule has 0 fully saturated rings. The summed E-state index contributed by atoms with van der Waals surface area (Å²) in [4.78, 5) is 32.9. The molecule has 1 amide bonds. The molecule has 3 heterocycles. The van der Waals surface area contributed by atoms with E-state index in [0.29, 0.717) is 5.65 Å². The van der Waals surface area contributed by atoms with E-state index in [-0.39, 0.29) is 10.9 Å². The van der Waals surface area contributed by atoms with Crippen LogP contribution in [0.25, 0.3) is 11.2 Å². The number of amides is 1. The number of nitrogens with one attached hydrogen (secondary N) is 2. The maximum absolute atomic E-state index is 12.4. The maximum atomic E-state index is 12.4. The van der Waals surface area contributed by atoms with E-state index in [4.69, 9.17) is 0 Å². The second-order valence-corrected chi connectivity index (χ2v) is 9.01. The van der Waals surface area contributed by atoms with Gasteiger partial charge in [0, 0.05) is 25.4 Å². The third kappa shape index (κ3) is 5.77. The molecule has 8 heteroatoms. The quantitative estimate of drug-likeness (QED) is 0.521.